The highest BCUT2D eigenvalue weighted by Gasteiger charge is 2.45. The normalized spacial score (nSPS) is 15.9. The van der Waals surface area contributed by atoms with Crippen LogP contribution in [0.25, 0.3) is 0 Å². The molecule has 0 bridgehead atoms. The van der Waals surface area contributed by atoms with E-state index >= 15 is 0 Å². The van der Waals surface area contributed by atoms with Gasteiger partial charge in [-0.1, -0.05) is 34.1 Å². The van der Waals surface area contributed by atoms with Gasteiger partial charge in [-0.05, 0) is 31.4 Å². The number of benzene rings is 1. The van der Waals surface area contributed by atoms with Gasteiger partial charge < -0.3 is 15.4 Å². The van der Waals surface area contributed by atoms with Crippen molar-refractivity contribution < 1.29 is 4.74 Å². The van der Waals surface area contributed by atoms with Crippen LogP contribution in [0.3, 0.4) is 0 Å². The zero-order valence-corrected chi connectivity index (χ0v) is 17.1. The van der Waals surface area contributed by atoms with Gasteiger partial charge in [0.1, 0.15) is 0 Å². The third-order valence-electron chi connectivity index (χ3n) is 3.78. The summed E-state index contributed by atoms with van der Waals surface area (Å²) in [5.74, 6) is 0.868. The SMILES string of the molecule is CCNC(=NCC1(c2ccccc2Br)CC1)NCCOC.I. The van der Waals surface area contributed by atoms with Crippen LogP contribution in [0.2, 0.25) is 0 Å². The molecule has 1 aliphatic carbocycles. The number of hydrogen-bond acceptors (Lipinski definition) is 2. The van der Waals surface area contributed by atoms with Crippen LogP contribution >= 0.6 is 39.9 Å². The number of halogens is 2. The molecule has 0 saturated heterocycles. The Morgan fingerprint density at radius 3 is 2.64 bits per heavy atom. The molecule has 1 aromatic rings. The van der Waals surface area contributed by atoms with Crippen LogP contribution < -0.4 is 10.6 Å². The lowest BCUT2D eigenvalue weighted by molar-refractivity contribution is 0.203. The van der Waals surface area contributed by atoms with Crippen molar-refractivity contribution in [3.63, 3.8) is 0 Å². The number of rotatable bonds is 7. The molecule has 6 heteroatoms. The van der Waals surface area contributed by atoms with Gasteiger partial charge in [-0.15, -0.1) is 24.0 Å². The highest BCUT2D eigenvalue weighted by atomic mass is 127. The first-order chi connectivity index (χ1) is 10.2. The summed E-state index contributed by atoms with van der Waals surface area (Å²) in [6, 6.07) is 8.48. The summed E-state index contributed by atoms with van der Waals surface area (Å²) in [7, 11) is 1.71. The summed E-state index contributed by atoms with van der Waals surface area (Å²) in [4.78, 5) is 4.75. The minimum absolute atomic E-state index is 0. The van der Waals surface area contributed by atoms with E-state index in [9.17, 15) is 0 Å². The minimum Gasteiger partial charge on any atom is -0.383 e. The maximum absolute atomic E-state index is 5.06. The molecule has 2 rings (SSSR count). The Balaban J connectivity index is 0.00000242. The average Bonchev–Trinajstić information content (AvgIpc) is 3.26. The van der Waals surface area contributed by atoms with Gasteiger partial charge in [-0.25, -0.2) is 0 Å². The molecular weight excluding hydrogens is 457 g/mol. The third-order valence-corrected chi connectivity index (χ3v) is 4.47. The molecule has 0 spiro atoms. The monoisotopic (exact) mass is 481 g/mol. The summed E-state index contributed by atoms with van der Waals surface area (Å²) >= 11 is 3.66. The number of nitrogens with one attached hydrogen (secondary N) is 2. The lowest BCUT2D eigenvalue weighted by Gasteiger charge is -2.17. The van der Waals surface area contributed by atoms with Crippen molar-refractivity contribution in [1.29, 1.82) is 0 Å². The van der Waals surface area contributed by atoms with E-state index in [1.165, 1.54) is 22.9 Å². The molecule has 0 unspecified atom stereocenters. The van der Waals surface area contributed by atoms with E-state index in [0.29, 0.717) is 6.61 Å². The van der Waals surface area contributed by atoms with E-state index < -0.39 is 0 Å². The molecule has 124 valence electrons. The average molecular weight is 482 g/mol. The summed E-state index contributed by atoms with van der Waals surface area (Å²) < 4.78 is 6.25. The van der Waals surface area contributed by atoms with Crippen LogP contribution in [0.5, 0.6) is 0 Å². The molecule has 0 aliphatic heterocycles. The molecule has 1 fully saturated rings. The van der Waals surface area contributed by atoms with Crippen LogP contribution in [-0.4, -0.2) is 39.3 Å². The molecule has 0 amide bonds. The molecule has 0 atom stereocenters. The third kappa shape index (κ3) is 5.38. The molecule has 0 heterocycles. The fourth-order valence-corrected chi connectivity index (χ4v) is 3.10. The number of ether oxygens (including phenoxy) is 1. The van der Waals surface area contributed by atoms with Crippen molar-refractivity contribution in [2.75, 3.05) is 33.4 Å². The van der Waals surface area contributed by atoms with Crippen molar-refractivity contribution in [1.82, 2.24) is 10.6 Å². The lowest BCUT2D eigenvalue weighted by atomic mass is 9.96. The van der Waals surface area contributed by atoms with E-state index in [1.807, 2.05) is 0 Å². The first-order valence-corrected chi connectivity index (χ1v) is 8.27. The second-order valence-corrected chi connectivity index (χ2v) is 6.23. The van der Waals surface area contributed by atoms with E-state index in [4.69, 9.17) is 9.73 Å². The summed E-state index contributed by atoms with van der Waals surface area (Å²) in [6.07, 6.45) is 2.41. The van der Waals surface area contributed by atoms with Gasteiger partial charge in [-0.3, -0.25) is 4.99 Å². The van der Waals surface area contributed by atoms with Gasteiger partial charge in [-0.2, -0.15) is 0 Å². The van der Waals surface area contributed by atoms with Gasteiger partial charge in [0.15, 0.2) is 5.96 Å². The first kappa shape index (κ1) is 19.7. The van der Waals surface area contributed by atoms with Gasteiger partial charge in [0.05, 0.1) is 13.2 Å². The Morgan fingerprint density at radius 1 is 1.32 bits per heavy atom. The van der Waals surface area contributed by atoms with E-state index in [1.54, 1.807) is 7.11 Å². The second-order valence-electron chi connectivity index (χ2n) is 5.37. The van der Waals surface area contributed by atoms with Crippen molar-refractivity contribution in [2.45, 2.75) is 25.2 Å². The standard InChI is InChI=1S/C16H24BrN3O.HI/c1-3-18-15(19-10-11-21-2)20-12-16(8-9-16)13-6-4-5-7-14(13)17;/h4-7H,3,8-12H2,1-2H3,(H2,18,19,20);1H. The zero-order valence-electron chi connectivity index (χ0n) is 13.2. The van der Waals surface area contributed by atoms with Crippen LogP contribution in [0, 0.1) is 0 Å². The minimum atomic E-state index is 0. The van der Waals surface area contributed by atoms with E-state index in [0.717, 1.165) is 25.6 Å². The molecule has 0 radical (unpaired) electrons. The first-order valence-electron chi connectivity index (χ1n) is 7.48. The van der Waals surface area contributed by atoms with E-state index in [-0.39, 0.29) is 29.4 Å². The fraction of sp³-hybridized carbons (Fsp3) is 0.562. The summed E-state index contributed by atoms with van der Waals surface area (Å²) in [5.41, 5.74) is 1.59. The second kappa shape index (κ2) is 9.72. The maximum Gasteiger partial charge on any atom is 0.191 e. The molecule has 1 aliphatic rings. The molecule has 1 saturated carbocycles. The van der Waals surface area contributed by atoms with Crippen LogP contribution in [0.1, 0.15) is 25.3 Å². The maximum atomic E-state index is 5.06. The van der Waals surface area contributed by atoms with Crippen LogP contribution in [0.4, 0.5) is 0 Å². The molecular formula is C16H25BrIN3O. The predicted octanol–water partition coefficient (Wildman–Crippen LogP) is 3.30. The number of aliphatic imine (C=N–C) groups is 1. The smallest absolute Gasteiger partial charge is 0.191 e. The number of nitrogens with zero attached hydrogens (tertiary/aromatic N) is 1. The van der Waals surface area contributed by atoms with Gasteiger partial charge in [0.2, 0.25) is 0 Å². The molecule has 2 N–H and O–H groups in total. The number of hydrogen-bond donors (Lipinski definition) is 2. The number of methoxy groups -OCH3 is 1. The fourth-order valence-electron chi connectivity index (χ4n) is 2.40. The quantitative estimate of drug-likeness (QED) is 0.272. The highest BCUT2D eigenvalue weighted by Crippen LogP contribution is 2.50. The van der Waals surface area contributed by atoms with Crippen molar-refractivity contribution in [3.8, 4) is 0 Å². The largest absolute Gasteiger partial charge is 0.383 e. The molecule has 1 aromatic carbocycles. The van der Waals surface area contributed by atoms with Gasteiger partial charge in [0.25, 0.3) is 0 Å². The van der Waals surface area contributed by atoms with Crippen molar-refractivity contribution >= 4 is 45.9 Å². The molecule has 22 heavy (non-hydrogen) atoms. The van der Waals surface area contributed by atoms with Crippen molar-refractivity contribution in [2.24, 2.45) is 4.99 Å². The zero-order chi connectivity index (χ0) is 15.1. The topological polar surface area (TPSA) is 45.7 Å². The Labute approximate surface area is 158 Å². The van der Waals surface area contributed by atoms with E-state index in [2.05, 4.69) is 57.8 Å². The highest BCUT2D eigenvalue weighted by molar-refractivity contribution is 14.0. The lowest BCUT2D eigenvalue weighted by Crippen LogP contribution is -2.39. The summed E-state index contributed by atoms with van der Waals surface area (Å²) in [5, 5.41) is 6.57. The van der Waals surface area contributed by atoms with Crippen molar-refractivity contribution in [3.05, 3.63) is 34.3 Å². The Bertz CT molecular complexity index is 492. The Kier molecular flexibility index (Phi) is 8.71. The number of guanidine groups is 1. The summed E-state index contributed by atoms with van der Waals surface area (Å²) in [6.45, 7) is 5.21. The van der Waals surface area contributed by atoms with Crippen LogP contribution in [-0.2, 0) is 10.2 Å². The Hall–Kier alpha value is -0.340. The van der Waals surface area contributed by atoms with Gasteiger partial charge >= 0.3 is 0 Å². The van der Waals surface area contributed by atoms with Gasteiger partial charge in [0, 0.05) is 30.1 Å². The van der Waals surface area contributed by atoms with Crippen LogP contribution in [0.15, 0.2) is 33.7 Å². The Morgan fingerprint density at radius 2 is 2.05 bits per heavy atom. The molecule has 0 aromatic heterocycles. The predicted molar refractivity (Wildman–Crippen MR) is 106 cm³/mol. The molecule has 4 nitrogen and oxygen atoms in total.